The van der Waals surface area contributed by atoms with Crippen LogP contribution >= 0.6 is 0 Å². The summed E-state index contributed by atoms with van der Waals surface area (Å²) < 4.78 is 5.82. The molecule has 0 aliphatic carbocycles. The number of ether oxygens (including phenoxy) is 1. The van der Waals surface area contributed by atoms with E-state index < -0.39 is 0 Å². The van der Waals surface area contributed by atoms with Crippen LogP contribution in [0.2, 0.25) is 0 Å². The first kappa shape index (κ1) is 11.7. The maximum Gasteiger partial charge on any atom is 0.132 e. The van der Waals surface area contributed by atoms with Gasteiger partial charge in [-0.3, -0.25) is 4.98 Å². The molecule has 2 aromatic rings. The molecule has 1 unspecified atom stereocenters. The van der Waals surface area contributed by atoms with E-state index in [0.717, 1.165) is 23.2 Å². The summed E-state index contributed by atoms with van der Waals surface area (Å²) in [6, 6.07) is 12.2. The molecule has 1 N–H and O–H groups in total. The third-order valence-corrected chi connectivity index (χ3v) is 3.15. The van der Waals surface area contributed by atoms with Crippen LogP contribution in [0.15, 0.2) is 42.7 Å². The second-order valence-corrected chi connectivity index (χ2v) is 4.47. The minimum Gasteiger partial charge on any atom is -0.358 e. The van der Waals surface area contributed by atoms with E-state index in [1.54, 1.807) is 12.4 Å². The number of rotatable bonds is 3. The summed E-state index contributed by atoms with van der Waals surface area (Å²) in [6.07, 6.45) is 4.01. The molecule has 4 heteroatoms. The van der Waals surface area contributed by atoms with Gasteiger partial charge in [-0.05, 0) is 11.1 Å². The zero-order chi connectivity index (χ0) is 13.1. The Kier molecular flexibility index (Phi) is 3.13. The van der Waals surface area contributed by atoms with E-state index >= 15 is 0 Å². The van der Waals surface area contributed by atoms with Gasteiger partial charge in [0.25, 0.3) is 0 Å². The number of pyridine rings is 1. The van der Waals surface area contributed by atoms with Crippen LogP contribution in [-0.2, 0) is 17.8 Å². The molecule has 1 aliphatic rings. The van der Waals surface area contributed by atoms with Gasteiger partial charge in [0, 0.05) is 18.8 Å². The summed E-state index contributed by atoms with van der Waals surface area (Å²) in [6.45, 7) is 0.557. The number of nitrogens with one attached hydrogen (secondary N) is 1. The molecular formula is C15H13N3O. The van der Waals surface area contributed by atoms with Crippen LogP contribution in [0.1, 0.15) is 16.7 Å². The van der Waals surface area contributed by atoms with E-state index in [1.165, 1.54) is 0 Å². The number of fused-ring (bicyclic) bond motifs is 1. The van der Waals surface area contributed by atoms with Crippen molar-refractivity contribution in [3.05, 3.63) is 59.4 Å². The number of benzene rings is 1. The monoisotopic (exact) mass is 251 g/mol. The van der Waals surface area contributed by atoms with Crippen molar-refractivity contribution in [3.8, 4) is 6.07 Å². The average molecular weight is 251 g/mol. The van der Waals surface area contributed by atoms with E-state index in [-0.39, 0.29) is 6.23 Å². The van der Waals surface area contributed by atoms with Crippen LogP contribution in [0.4, 0.5) is 5.69 Å². The Morgan fingerprint density at radius 1 is 1.32 bits per heavy atom. The van der Waals surface area contributed by atoms with Gasteiger partial charge in [0.15, 0.2) is 0 Å². The number of hydrogen-bond acceptors (Lipinski definition) is 4. The van der Waals surface area contributed by atoms with Crippen molar-refractivity contribution in [1.82, 2.24) is 4.98 Å². The van der Waals surface area contributed by atoms with Gasteiger partial charge in [0.05, 0.1) is 17.9 Å². The Morgan fingerprint density at radius 2 is 2.16 bits per heavy atom. The molecule has 19 heavy (non-hydrogen) atoms. The van der Waals surface area contributed by atoms with Crippen LogP contribution in [0.5, 0.6) is 0 Å². The highest BCUT2D eigenvalue weighted by atomic mass is 16.5. The average Bonchev–Trinajstić information content (AvgIpc) is 2.89. The number of anilines is 1. The van der Waals surface area contributed by atoms with Crippen LogP contribution in [-0.4, -0.2) is 11.2 Å². The minimum atomic E-state index is -0.0912. The van der Waals surface area contributed by atoms with Crippen molar-refractivity contribution in [3.63, 3.8) is 0 Å². The van der Waals surface area contributed by atoms with Gasteiger partial charge < -0.3 is 10.1 Å². The van der Waals surface area contributed by atoms with Crippen molar-refractivity contribution < 1.29 is 4.74 Å². The third-order valence-electron chi connectivity index (χ3n) is 3.15. The molecule has 0 fully saturated rings. The first-order chi connectivity index (χ1) is 9.36. The molecule has 0 saturated heterocycles. The van der Waals surface area contributed by atoms with Gasteiger partial charge in [-0.15, -0.1) is 0 Å². The fourth-order valence-corrected chi connectivity index (χ4v) is 2.20. The number of nitriles is 1. The Bertz CT molecular complexity index is 619. The normalized spacial score (nSPS) is 16.5. The highest BCUT2D eigenvalue weighted by Gasteiger charge is 2.23. The van der Waals surface area contributed by atoms with Crippen LogP contribution in [0.3, 0.4) is 0 Å². The van der Waals surface area contributed by atoms with Gasteiger partial charge in [0.2, 0.25) is 0 Å². The number of nitrogens with zero attached hydrogens (tertiary/aromatic N) is 2. The summed E-state index contributed by atoms with van der Waals surface area (Å²) in [5.74, 6) is 0. The van der Waals surface area contributed by atoms with Crippen molar-refractivity contribution in [1.29, 1.82) is 5.26 Å². The summed E-state index contributed by atoms with van der Waals surface area (Å²) >= 11 is 0. The maximum atomic E-state index is 9.03. The largest absolute Gasteiger partial charge is 0.358 e. The first-order valence-corrected chi connectivity index (χ1v) is 6.16. The fourth-order valence-electron chi connectivity index (χ4n) is 2.20. The molecule has 4 nitrogen and oxygen atoms in total. The minimum absolute atomic E-state index is 0.0912. The lowest BCUT2D eigenvalue weighted by Crippen LogP contribution is -2.19. The molecule has 3 rings (SSSR count). The van der Waals surface area contributed by atoms with Gasteiger partial charge in [0.1, 0.15) is 12.3 Å². The molecule has 1 aromatic carbocycles. The van der Waals surface area contributed by atoms with E-state index in [0.29, 0.717) is 12.2 Å². The quantitative estimate of drug-likeness (QED) is 0.910. The topological polar surface area (TPSA) is 57.9 Å². The Labute approximate surface area is 111 Å². The summed E-state index contributed by atoms with van der Waals surface area (Å²) in [4.78, 5) is 4.06. The van der Waals surface area contributed by atoms with Crippen molar-refractivity contribution in [2.24, 2.45) is 0 Å². The van der Waals surface area contributed by atoms with E-state index in [1.807, 2.05) is 30.3 Å². The fraction of sp³-hybridized carbons (Fsp3) is 0.200. The summed E-state index contributed by atoms with van der Waals surface area (Å²) in [5.41, 5.74) is 3.61. The van der Waals surface area contributed by atoms with Crippen LogP contribution < -0.4 is 5.32 Å². The van der Waals surface area contributed by atoms with Crippen molar-refractivity contribution >= 4 is 5.69 Å². The summed E-state index contributed by atoms with van der Waals surface area (Å²) in [5, 5.41) is 12.3. The molecule has 0 saturated carbocycles. The number of hydrogen-bond donors (Lipinski definition) is 1. The molecule has 1 aliphatic heterocycles. The van der Waals surface area contributed by atoms with Gasteiger partial charge in [-0.25, -0.2) is 0 Å². The Balaban J connectivity index is 1.67. The van der Waals surface area contributed by atoms with Crippen molar-refractivity contribution in [2.75, 3.05) is 5.32 Å². The second kappa shape index (κ2) is 5.09. The van der Waals surface area contributed by atoms with E-state index in [9.17, 15) is 0 Å². The van der Waals surface area contributed by atoms with Crippen molar-refractivity contribution in [2.45, 2.75) is 19.3 Å². The zero-order valence-corrected chi connectivity index (χ0v) is 10.3. The zero-order valence-electron chi connectivity index (χ0n) is 10.3. The lowest BCUT2D eigenvalue weighted by atomic mass is 10.1. The smallest absolute Gasteiger partial charge is 0.132 e. The summed E-state index contributed by atoms with van der Waals surface area (Å²) in [7, 11) is 0. The first-order valence-electron chi connectivity index (χ1n) is 6.16. The molecule has 1 aromatic heterocycles. The third kappa shape index (κ3) is 2.42. The lowest BCUT2D eigenvalue weighted by molar-refractivity contribution is 0.0641. The number of aromatic nitrogens is 1. The maximum absolute atomic E-state index is 9.03. The molecule has 0 amide bonds. The van der Waals surface area contributed by atoms with Gasteiger partial charge >= 0.3 is 0 Å². The second-order valence-electron chi connectivity index (χ2n) is 4.47. The van der Waals surface area contributed by atoms with Gasteiger partial charge in [-0.2, -0.15) is 5.26 Å². The van der Waals surface area contributed by atoms with E-state index in [4.69, 9.17) is 10.00 Å². The highest BCUT2D eigenvalue weighted by Crippen LogP contribution is 2.28. The Hall–Kier alpha value is -2.38. The molecule has 0 spiro atoms. The predicted molar refractivity (Wildman–Crippen MR) is 71.3 cm³/mol. The SMILES string of the molecule is N#Cc1cncc2c1NC(OCc1ccccc1)C2. The van der Waals surface area contributed by atoms with Crippen LogP contribution in [0, 0.1) is 11.3 Å². The molecule has 94 valence electrons. The molecule has 2 heterocycles. The van der Waals surface area contributed by atoms with E-state index in [2.05, 4.69) is 16.4 Å². The Morgan fingerprint density at radius 3 is 2.95 bits per heavy atom. The molecule has 1 atom stereocenters. The molecule has 0 bridgehead atoms. The van der Waals surface area contributed by atoms with Crippen LogP contribution in [0.25, 0.3) is 0 Å². The lowest BCUT2D eigenvalue weighted by Gasteiger charge is -2.12. The molecule has 0 radical (unpaired) electrons. The predicted octanol–water partition coefficient (Wildman–Crippen LogP) is 2.46. The molecular weight excluding hydrogens is 238 g/mol. The van der Waals surface area contributed by atoms with Gasteiger partial charge in [-0.1, -0.05) is 30.3 Å². The highest BCUT2D eigenvalue weighted by molar-refractivity contribution is 5.64. The standard InChI is InChI=1S/C15H13N3O/c16-7-13-9-17-8-12-6-14(18-15(12)13)19-10-11-4-2-1-3-5-11/h1-5,8-9,14,18H,6,10H2.